The summed E-state index contributed by atoms with van der Waals surface area (Å²) in [6, 6.07) is 17.0. The van der Waals surface area contributed by atoms with Gasteiger partial charge in [-0.15, -0.1) is 0 Å². The van der Waals surface area contributed by atoms with Crippen LogP contribution in [0.1, 0.15) is 26.7 Å². The number of aromatic nitrogens is 2. The van der Waals surface area contributed by atoms with Crippen LogP contribution in [0.25, 0.3) is 22.0 Å². The first-order valence-corrected chi connectivity index (χ1v) is 10.5. The van der Waals surface area contributed by atoms with Gasteiger partial charge in [-0.25, -0.2) is 9.97 Å². The maximum absolute atomic E-state index is 4.88. The minimum Gasteiger partial charge on any atom is -0.341 e. The zero-order valence-electron chi connectivity index (χ0n) is 16.9. The molecule has 4 rings (SSSR count). The topological polar surface area (TPSA) is 41.0 Å². The Bertz CT molecular complexity index is 913. The normalized spacial score (nSPS) is 15.5. The molecule has 28 heavy (non-hydrogen) atoms. The van der Waals surface area contributed by atoms with Gasteiger partial charge in [-0.2, -0.15) is 0 Å². The summed E-state index contributed by atoms with van der Waals surface area (Å²) < 4.78 is 0. The smallest absolute Gasteiger partial charge is 0.225 e. The van der Waals surface area contributed by atoms with Crippen molar-refractivity contribution in [2.45, 2.75) is 26.7 Å². The van der Waals surface area contributed by atoms with Crippen LogP contribution in [0.15, 0.2) is 54.7 Å². The number of fused-ring (bicyclic) bond motifs is 1. The molecule has 4 nitrogen and oxygen atoms in total. The average Bonchev–Trinajstić information content (AvgIpc) is 2.74. The zero-order chi connectivity index (χ0) is 19.3. The van der Waals surface area contributed by atoms with Gasteiger partial charge in [0.1, 0.15) is 0 Å². The van der Waals surface area contributed by atoms with Crippen molar-refractivity contribution in [1.82, 2.24) is 15.3 Å². The second-order valence-electron chi connectivity index (χ2n) is 8.29. The van der Waals surface area contributed by atoms with Crippen molar-refractivity contribution >= 4 is 16.7 Å². The predicted molar refractivity (Wildman–Crippen MR) is 118 cm³/mol. The molecule has 0 unspecified atom stereocenters. The monoisotopic (exact) mass is 374 g/mol. The largest absolute Gasteiger partial charge is 0.341 e. The molecule has 0 radical (unpaired) electrons. The van der Waals surface area contributed by atoms with Crippen molar-refractivity contribution in [1.29, 1.82) is 0 Å². The summed E-state index contributed by atoms with van der Waals surface area (Å²) in [6.45, 7) is 8.83. The molecular formula is C24H30N4. The molecule has 4 heteroatoms. The third-order valence-corrected chi connectivity index (χ3v) is 5.57. The molecule has 0 atom stereocenters. The lowest BCUT2D eigenvalue weighted by atomic mass is 9.97. The highest BCUT2D eigenvalue weighted by atomic mass is 15.3. The van der Waals surface area contributed by atoms with Crippen LogP contribution < -0.4 is 10.2 Å². The van der Waals surface area contributed by atoms with Gasteiger partial charge in [-0.3, -0.25) is 0 Å². The SMILES string of the molecule is CC(C)CNCC1CCN(c2nccc(-c3ccc4ccccc4c3)n2)CC1. The molecule has 1 aliphatic heterocycles. The maximum atomic E-state index is 4.88. The first kappa shape index (κ1) is 18.9. The number of nitrogens with one attached hydrogen (secondary N) is 1. The number of nitrogens with zero attached hydrogens (tertiary/aromatic N) is 3. The minimum atomic E-state index is 0.714. The van der Waals surface area contributed by atoms with E-state index in [9.17, 15) is 0 Å². The fourth-order valence-electron chi connectivity index (χ4n) is 3.92. The van der Waals surface area contributed by atoms with E-state index in [4.69, 9.17) is 4.98 Å². The highest BCUT2D eigenvalue weighted by molar-refractivity contribution is 5.86. The molecule has 0 bridgehead atoms. The van der Waals surface area contributed by atoms with E-state index in [1.807, 2.05) is 12.3 Å². The Morgan fingerprint density at radius 3 is 2.61 bits per heavy atom. The standard InChI is InChI=1S/C24H30N4/c1-18(2)16-25-17-19-10-13-28(14-11-19)24-26-12-9-23(27-24)22-8-7-20-5-3-4-6-21(20)15-22/h3-9,12,15,18-19,25H,10-11,13-14,16-17H2,1-2H3. The van der Waals surface area contributed by atoms with Crippen LogP contribution in [0.4, 0.5) is 5.95 Å². The Hall–Kier alpha value is -2.46. The summed E-state index contributed by atoms with van der Waals surface area (Å²) >= 11 is 0. The lowest BCUT2D eigenvalue weighted by molar-refractivity contribution is 0.372. The van der Waals surface area contributed by atoms with Crippen LogP contribution in [0.5, 0.6) is 0 Å². The summed E-state index contributed by atoms with van der Waals surface area (Å²) in [5, 5.41) is 6.11. The van der Waals surface area contributed by atoms with E-state index >= 15 is 0 Å². The van der Waals surface area contributed by atoms with Gasteiger partial charge in [-0.1, -0.05) is 50.2 Å². The lowest BCUT2D eigenvalue weighted by Gasteiger charge is -2.32. The maximum Gasteiger partial charge on any atom is 0.225 e. The van der Waals surface area contributed by atoms with Gasteiger partial charge in [0.25, 0.3) is 0 Å². The summed E-state index contributed by atoms with van der Waals surface area (Å²) in [4.78, 5) is 11.8. The number of benzene rings is 2. The number of hydrogen-bond acceptors (Lipinski definition) is 4. The van der Waals surface area contributed by atoms with E-state index in [0.29, 0.717) is 5.92 Å². The van der Waals surface area contributed by atoms with E-state index < -0.39 is 0 Å². The molecule has 1 saturated heterocycles. The van der Waals surface area contributed by atoms with E-state index in [-0.39, 0.29) is 0 Å². The van der Waals surface area contributed by atoms with Gasteiger partial charge in [0.2, 0.25) is 5.95 Å². The molecule has 2 heterocycles. The van der Waals surface area contributed by atoms with Crippen molar-refractivity contribution in [3.05, 3.63) is 54.7 Å². The van der Waals surface area contributed by atoms with Crippen LogP contribution in [-0.4, -0.2) is 36.1 Å². The molecule has 0 aliphatic carbocycles. The van der Waals surface area contributed by atoms with Crippen molar-refractivity contribution in [3.8, 4) is 11.3 Å². The molecule has 2 aromatic carbocycles. The molecule has 1 fully saturated rings. The Balaban J connectivity index is 1.43. The Morgan fingerprint density at radius 2 is 1.82 bits per heavy atom. The molecule has 0 spiro atoms. The first-order chi connectivity index (χ1) is 13.7. The van der Waals surface area contributed by atoms with E-state index in [1.54, 1.807) is 0 Å². The van der Waals surface area contributed by atoms with E-state index in [0.717, 1.165) is 49.3 Å². The van der Waals surface area contributed by atoms with Crippen molar-refractivity contribution in [2.24, 2.45) is 11.8 Å². The summed E-state index contributed by atoms with van der Waals surface area (Å²) in [5.74, 6) is 2.34. The average molecular weight is 375 g/mol. The number of piperidine rings is 1. The summed E-state index contributed by atoms with van der Waals surface area (Å²) in [7, 11) is 0. The Labute approximate surface area is 168 Å². The van der Waals surface area contributed by atoms with Gasteiger partial charge in [0.15, 0.2) is 0 Å². The highest BCUT2D eigenvalue weighted by Gasteiger charge is 2.21. The molecule has 146 valence electrons. The molecular weight excluding hydrogens is 344 g/mol. The van der Waals surface area contributed by atoms with Crippen molar-refractivity contribution in [3.63, 3.8) is 0 Å². The minimum absolute atomic E-state index is 0.714. The van der Waals surface area contributed by atoms with Gasteiger partial charge in [0.05, 0.1) is 5.69 Å². The second kappa shape index (κ2) is 8.70. The van der Waals surface area contributed by atoms with Gasteiger partial charge in [0, 0.05) is 24.8 Å². The Morgan fingerprint density at radius 1 is 1.04 bits per heavy atom. The fraction of sp³-hybridized carbons (Fsp3) is 0.417. The number of anilines is 1. The molecule has 1 aromatic heterocycles. The number of hydrogen-bond donors (Lipinski definition) is 1. The molecule has 0 amide bonds. The number of rotatable bonds is 6. The van der Waals surface area contributed by atoms with Crippen molar-refractivity contribution < 1.29 is 0 Å². The van der Waals surface area contributed by atoms with Gasteiger partial charge in [-0.05, 0) is 60.7 Å². The van der Waals surface area contributed by atoms with Crippen LogP contribution in [0.2, 0.25) is 0 Å². The highest BCUT2D eigenvalue weighted by Crippen LogP contribution is 2.25. The molecule has 0 saturated carbocycles. The first-order valence-electron chi connectivity index (χ1n) is 10.5. The molecule has 1 N–H and O–H groups in total. The van der Waals surface area contributed by atoms with Crippen LogP contribution in [0, 0.1) is 11.8 Å². The third kappa shape index (κ3) is 4.50. The van der Waals surface area contributed by atoms with Crippen molar-refractivity contribution in [2.75, 3.05) is 31.1 Å². The van der Waals surface area contributed by atoms with Crippen LogP contribution >= 0.6 is 0 Å². The quantitative estimate of drug-likeness (QED) is 0.675. The van der Waals surface area contributed by atoms with Crippen LogP contribution in [-0.2, 0) is 0 Å². The fourth-order valence-corrected chi connectivity index (χ4v) is 3.92. The van der Waals surface area contributed by atoms with Gasteiger partial charge >= 0.3 is 0 Å². The lowest BCUT2D eigenvalue weighted by Crippen LogP contribution is -2.38. The summed E-state index contributed by atoms with van der Waals surface area (Å²) in [5.41, 5.74) is 2.14. The second-order valence-corrected chi connectivity index (χ2v) is 8.29. The predicted octanol–water partition coefficient (Wildman–Crippen LogP) is 4.76. The zero-order valence-corrected chi connectivity index (χ0v) is 16.9. The molecule has 1 aliphatic rings. The molecule has 3 aromatic rings. The van der Waals surface area contributed by atoms with Crippen LogP contribution in [0.3, 0.4) is 0 Å². The van der Waals surface area contributed by atoms with Gasteiger partial charge < -0.3 is 10.2 Å². The van der Waals surface area contributed by atoms with E-state index in [1.165, 1.54) is 23.6 Å². The van der Waals surface area contributed by atoms with E-state index in [2.05, 4.69) is 71.5 Å². The summed E-state index contributed by atoms with van der Waals surface area (Å²) in [6.07, 6.45) is 4.30. The Kier molecular flexibility index (Phi) is 5.87. The third-order valence-electron chi connectivity index (χ3n) is 5.57.